The fourth-order valence-corrected chi connectivity index (χ4v) is 4.76. The average molecular weight is 713 g/mol. The smallest absolute Gasteiger partial charge is 0.325 e. The summed E-state index contributed by atoms with van der Waals surface area (Å²) < 4.78 is 0. The fraction of sp³-hybridized carbons (Fsp3) is 0.750. The van der Waals surface area contributed by atoms with Crippen molar-refractivity contribution in [3.8, 4) is 0 Å². The number of carboxylic acid groups (broad SMARTS) is 1. The number of hydrogen-bond acceptors (Lipinski definition) is 9. The summed E-state index contributed by atoms with van der Waals surface area (Å²) in [5.41, 5.74) is 22.1. The van der Waals surface area contributed by atoms with Crippen molar-refractivity contribution >= 4 is 47.4 Å². The number of carbonyl (C=O) groups excluding carboxylic acids is 6. The molecule has 0 fully saturated rings. The Kier molecular flexibility index (Phi) is 21.0. The van der Waals surface area contributed by atoms with Gasteiger partial charge in [0.2, 0.25) is 35.4 Å². The molecule has 0 aromatic rings. The Labute approximate surface area is 294 Å². The number of rotatable bonds is 24. The van der Waals surface area contributed by atoms with Crippen LogP contribution in [-0.2, 0) is 33.6 Å². The van der Waals surface area contributed by atoms with Gasteiger partial charge in [0.1, 0.15) is 30.2 Å². The van der Waals surface area contributed by atoms with E-state index in [4.69, 9.17) is 22.9 Å². The maximum atomic E-state index is 13.8. The van der Waals surface area contributed by atoms with E-state index in [1.54, 1.807) is 20.8 Å². The number of carbonyl (C=O) groups is 7. The first kappa shape index (κ1) is 45.5. The summed E-state index contributed by atoms with van der Waals surface area (Å²) in [7, 11) is 0. The number of hydrogen-bond donors (Lipinski definition) is 10. The first-order valence-electron chi connectivity index (χ1n) is 17.1. The second kappa shape index (κ2) is 23.0. The van der Waals surface area contributed by atoms with Gasteiger partial charge in [-0.25, -0.2) is 0 Å². The highest BCUT2D eigenvalue weighted by Crippen LogP contribution is 2.14. The number of guanidine groups is 1. The van der Waals surface area contributed by atoms with E-state index in [9.17, 15) is 38.7 Å². The molecule has 0 heterocycles. The second-order valence-corrected chi connectivity index (χ2v) is 13.1. The summed E-state index contributed by atoms with van der Waals surface area (Å²) in [6.45, 7) is 12.3. The zero-order valence-electron chi connectivity index (χ0n) is 30.4. The van der Waals surface area contributed by atoms with Crippen LogP contribution in [0.1, 0.15) is 93.4 Å². The predicted molar refractivity (Wildman–Crippen MR) is 188 cm³/mol. The lowest BCUT2D eigenvalue weighted by Gasteiger charge is -2.30. The molecule has 8 atom stereocenters. The molecule has 0 aliphatic heterocycles. The molecule has 0 saturated carbocycles. The Morgan fingerprint density at radius 1 is 0.660 bits per heavy atom. The summed E-state index contributed by atoms with van der Waals surface area (Å²) in [6.07, 6.45) is 1.02. The van der Waals surface area contributed by atoms with E-state index in [2.05, 4.69) is 31.6 Å². The van der Waals surface area contributed by atoms with Crippen molar-refractivity contribution in [2.24, 2.45) is 45.7 Å². The van der Waals surface area contributed by atoms with Crippen molar-refractivity contribution in [1.82, 2.24) is 26.6 Å². The third-order valence-electron chi connectivity index (χ3n) is 8.27. The Balaban J connectivity index is 6.26. The summed E-state index contributed by atoms with van der Waals surface area (Å²) in [5.74, 6) is -6.40. The van der Waals surface area contributed by atoms with Crippen LogP contribution >= 0.6 is 0 Å². The standard InChI is InChI=1S/C32H60N10O8/c1-8-17(5)24(42-30(48)25(18(6)9-2)41-26(44)20(33)15-16(3)4)29(47)40-22(12-13-23(34)43)28(46)39-21(11-10-14-37-32(35)36)27(45)38-19(7)31(49)50/h16-22,24-25H,8-15,33H2,1-7H3,(H2,34,43)(H,38,45)(H,39,46)(H,40,47)(H,41,44)(H,42,48)(H,49,50)(H4,35,36,37)/t17-,18-,19-,20-,21-,22-,24-,25-/m0/s1. The fourth-order valence-electron chi connectivity index (χ4n) is 4.76. The molecule has 0 rings (SSSR count). The summed E-state index contributed by atoms with van der Waals surface area (Å²) in [6, 6.07) is -6.94. The van der Waals surface area contributed by atoms with Crippen molar-refractivity contribution in [2.45, 2.75) is 130 Å². The molecule has 0 radical (unpaired) electrons. The SMILES string of the molecule is CC[C@H](C)[C@H](NC(=O)[C@@H](NC(=O)[C@@H](N)CC(C)C)[C@@H](C)CC)C(=O)N[C@@H](CCC(N)=O)C(=O)N[C@@H](CCCN=C(N)N)C(=O)N[C@@H](C)C(=O)O. The molecule has 0 aliphatic rings. The largest absolute Gasteiger partial charge is 0.480 e. The van der Waals surface area contributed by atoms with Crippen LogP contribution in [-0.4, -0.2) is 95.3 Å². The molecule has 0 unspecified atom stereocenters. The van der Waals surface area contributed by atoms with Crippen LogP contribution in [0.2, 0.25) is 0 Å². The average Bonchev–Trinajstić information content (AvgIpc) is 3.03. The van der Waals surface area contributed by atoms with Gasteiger partial charge in [0, 0.05) is 13.0 Å². The molecule has 0 aliphatic carbocycles. The highest BCUT2D eigenvalue weighted by molar-refractivity contribution is 5.96. The van der Waals surface area contributed by atoms with E-state index in [0.717, 1.165) is 0 Å². The second-order valence-electron chi connectivity index (χ2n) is 13.1. The summed E-state index contributed by atoms with van der Waals surface area (Å²) in [5, 5.41) is 22.1. The van der Waals surface area contributed by atoms with Crippen LogP contribution in [0.4, 0.5) is 0 Å². The first-order chi connectivity index (χ1) is 23.2. The Bertz CT molecular complexity index is 1190. The number of aliphatic imine (C=N–C) groups is 1. The molecular formula is C32H60N10O8. The van der Waals surface area contributed by atoms with Gasteiger partial charge in [-0.1, -0.05) is 54.4 Å². The maximum Gasteiger partial charge on any atom is 0.325 e. The van der Waals surface area contributed by atoms with Gasteiger partial charge in [-0.15, -0.1) is 0 Å². The molecule has 0 saturated heterocycles. The predicted octanol–water partition coefficient (Wildman–Crippen LogP) is -1.70. The quantitative estimate of drug-likeness (QED) is 0.0305. The third-order valence-corrected chi connectivity index (χ3v) is 8.27. The van der Waals surface area contributed by atoms with Gasteiger partial charge in [-0.05, 0) is 50.4 Å². The Hall–Kier alpha value is -4.48. The van der Waals surface area contributed by atoms with E-state index in [1.165, 1.54) is 6.92 Å². The zero-order valence-corrected chi connectivity index (χ0v) is 30.4. The van der Waals surface area contributed by atoms with Gasteiger partial charge in [0.15, 0.2) is 5.96 Å². The molecule has 286 valence electrons. The number of nitrogens with one attached hydrogen (secondary N) is 5. The van der Waals surface area contributed by atoms with E-state index >= 15 is 0 Å². The zero-order chi connectivity index (χ0) is 38.7. The molecule has 18 heteroatoms. The number of nitrogens with zero attached hydrogens (tertiary/aromatic N) is 1. The lowest BCUT2D eigenvalue weighted by atomic mass is 9.94. The molecule has 6 amide bonds. The Morgan fingerprint density at radius 2 is 1.12 bits per heavy atom. The molecule has 0 spiro atoms. The third kappa shape index (κ3) is 17.3. The molecular weight excluding hydrogens is 652 g/mol. The van der Waals surface area contributed by atoms with Gasteiger partial charge in [0.25, 0.3) is 0 Å². The number of amides is 6. The minimum atomic E-state index is -1.39. The van der Waals surface area contributed by atoms with Crippen LogP contribution in [0.3, 0.4) is 0 Å². The van der Waals surface area contributed by atoms with Crippen LogP contribution in [0.5, 0.6) is 0 Å². The molecule has 14 N–H and O–H groups in total. The van der Waals surface area contributed by atoms with Crippen LogP contribution in [0, 0.1) is 17.8 Å². The number of aliphatic carboxylic acids is 1. The topological polar surface area (TPSA) is 316 Å². The number of nitrogens with two attached hydrogens (primary N) is 4. The monoisotopic (exact) mass is 712 g/mol. The molecule has 50 heavy (non-hydrogen) atoms. The van der Waals surface area contributed by atoms with Crippen LogP contribution < -0.4 is 49.5 Å². The van der Waals surface area contributed by atoms with E-state index in [-0.39, 0.29) is 50.0 Å². The van der Waals surface area contributed by atoms with E-state index < -0.39 is 83.6 Å². The lowest BCUT2D eigenvalue weighted by Crippen LogP contribution is -2.61. The minimum Gasteiger partial charge on any atom is -0.480 e. The van der Waals surface area contributed by atoms with Gasteiger partial charge >= 0.3 is 5.97 Å². The number of carboxylic acids is 1. The molecule has 0 aromatic heterocycles. The normalized spacial score (nSPS) is 15.9. The first-order valence-corrected chi connectivity index (χ1v) is 17.1. The van der Waals surface area contributed by atoms with Gasteiger partial charge < -0.3 is 54.6 Å². The minimum absolute atomic E-state index is 0.00766. The van der Waals surface area contributed by atoms with E-state index in [1.807, 2.05) is 20.8 Å². The van der Waals surface area contributed by atoms with Crippen LogP contribution in [0.25, 0.3) is 0 Å². The van der Waals surface area contributed by atoms with Crippen molar-refractivity contribution in [3.63, 3.8) is 0 Å². The van der Waals surface area contributed by atoms with E-state index in [0.29, 0.717) is 19.3 Å². The van der Waals surface area contributed by atoms with Crippen molar-refractivity contribution in [2.75, 3.05) is 6.54 Å². The lowest BCUT2D eigenvalue weighted by molar-refractivity contribution is -0.142. The summed E-state index contributed by atoms with van der Waals surface area (Å²) in [4.78, 5) is 93.6. The van der Waals surface area contributed by atoms with Crippen molar-refractivity contribution in [3.05, 3.63) is 0 Å². The number of primary amides is 1. The van der Waals surface area contributed by atoms with Gasteiger partial charge in [0.05, 0.1) is 6.04 Å². The van der Waals surface area contributed by atoms with Crippen molar-refractivity contribution in [1.29, 1.82) is 0 Å². The molecule has 18 nitrogen and oxygen atoms in total. The van der Waals surface area contributed by atoms with Crippen LogP contribution in [0.15, 0.2) is 4.99 Å². The highest BCUT2D eigenvalue weighted by Gasteiger charge is 2.35. The maximum absolute atomic E-state index is 13.8. The molecule has 0 aromatic carbocycles. The Morgan fingerprint density at radius 3 is 1.58 bits per heavy atom. The highest BCUT2D eigenvalue weighted by atomic mass is 16.4. The summed E-state index contributed by atoms with van der Waals surface area (Å²) >= 11 is 0. The van der Waals surface area contributed by atoms with Gasteiger partial charge in [-0.2, -0.15) is 0 Å². The molecule has 0 bridgehead atoms. The van der Waals surface area contributed by atoms with Crippen molar-refractivity contribution < 1.29 is 38.7 Å². The van der Waals surface area contributed by atoms with Gasteiger partial charge in [-0.3, -0.25) is 38.6 Å².